The van der Waals surface area contributed by atoms with Gasteiger partial charge in [-0.1, -0.05) is 30.0 Å². The molecule has 1 aliphatic carbocycles. The number of anilines is 1. The second-order valence-corrected chi connectivity index (χ2v) is 7.18. The van der Waals surface area contributed by atoms with Crippen LogP contribution in [0.2, 0.25) is 0 Å². The number of carbonyl (C=O) groups excluding carboxylic acids is 1. The highest BCUT2D eigenvalue weighted by Gasteiger charge is 2.29. The van der Waals surface area contributed by atoms with Gasteiger partial charge < -0.3 is 5.32 Å². The number of nitrogens with zero attached hydrogens (tertiary/aromatic N) is 3. The van der Waals surface area contributed by atoms with E-state index < -0.39 is 0 Å². The highest BCUT2D eigenvalue weighted by atomic mass is 32.2. The van der Waals surface area contributed by atoms with Crippen molar-refractivity contribution in [3.8, 4) is 6.07 Å². The number of hydrogen-bond donors (Lipinski definition) is 1. The molecule has 0 spiro atoms. The third-order valence-electron chi connectivity index (χ3n) is 3.83. The van der Waals surface area contributed by atoms with Gasteiger partial charge in [0.05, 0.1) is 10.9 Å². The highest BCUT2D eigenvalue weighted by molar-refractivity contribution is 8.00. The molecule has 2 aromatic rings. The van der Waals surface area contributed by atoms with Gasteiger partial charge >= 0.3 is 0 Å². The Labute approximate surface area is 145 Å². The lowest BCUT2D eigenvalue weighted by atomic mass is 10.2. The Bertz CT molecular complexity index is 797. The average molecular weight is 338 g/mol. The van der Waals surface area contributed by atoms with Crippen molar-refractivity contribution in [2.24, 2.45) is 0 Å². The van der Waals surface area contributed by atoms with Crippen LogP contribution in [0.1, 0.15) is 42.8 Å². The summed E-state index contributed by atoms with van der Waals surface area (Å²) in [5, 5.41) is 12.5. The van der Waals surface area contributed by atoms with Gasteiger partial charge in [-0.2, -0.15) is 5.26 Å². The molecule has 24 heavy (non-hydrogen) atoms. The fourth-order valence-electron chi connectivity index (χ4n) is 2.29. The smallest absolute Gasteiger partial charge is 0.237 e. The maximum absolute atomic E-state index is 12.4. The predicted octanol–water partition coefficient (Wildman–Crippen LogP) is 3.65. The van der Waals surface area contributed by atoms with Crippen molar-refractivity contribution in [3.05, 3.63) is 47.4 Å². The number of benzene rings is 1. The molecular weight excluding hydrogens is 320 g/mol. The Hall–Kier alpha value is -2.39. The maximum atomic E-state index is 12.4. The number of thioether (sulfide) groups is 1. The van der Waals surface area contributed by atoms with Crippen LogP contribution in [0.4, 0.5) is 5.69 Å². The van der Waals surface area contributed by atoms with E-state index in [0.29, 0.717) is 22.2 Å². The van der Waals surface area contributed by atoms with Crippen molar-refractivity contribution in [1.82, 2.24) is 9.97 Å². The number of hydrogen-bond acceptors (Lipinski definition) is 5. The highest BCUT2D eigenvalue weighted by Crippen LogP contribution is 2.39. The van der Waals surface area contributed by atoms with Crippen LogP contribution < -0.4 is 5.32 Å². The van der Waals surface area contributed by atoms with Gasteiger partial charge in [0.1, 0.15) is 22.5 Å². The monoisotopic (exact) mass is 338 g/mol. The minimum Gasteiger partial charge on any atom is -0.325 e. The Kier molecular flexibility index (Phi) is 4.81. The lowest BCUT2D eigenvalue weighted by molar-refractivity contribution is -0.115. The Balaban J connectivity index is 1.77. The van der Waals surface area contributed by atoms with Gasteiger partial charge in [-0.3, -0.25) is 4.79 Å². The topological polar surface area (TPSA) is 78.7 Å². The molecule has 6 heteroatoms. The normalized spacial score (nSPS) is 14.7. The van der Waals surface area contributed by atoms with E-state index >= 15 is 0 Å². The average Bonchev–Trinajstić information content (AvgIpc) is 3.40. The van der Waals surface area contributed by atoms with Crippen LogP contribution in [0, 0.1) is 18.3 Å². The number of carbonyl (C=O) groups is 1. The summed E-state index contributed by atoms with van der Waals surface area (Å²) in [4.78, 5) is 21.4. The largest absolute Gasteiger partial charge is 0.325 e. The van der Waals surface area contributed by atoms with Crippen molar-refractivity contribution < 1.29 is 4.79 Å². The number of aryl methyl sites for hydroxylation is 1. The summed E-state index contributed by atoms with van der Waals surface area (Å²) in [5.74, 6) is 1.09. The summed E-state index contributed by atoms with van der Waals surface area (Å²) in [5.41, 5.74) is 1.91. The lowest BCUT2D eigenvalue weighted by Crippen LogP contribution is -2.22. The number of amides is 1. The van der Waals surface area contributed by atoms with Crippen molar-refractivity contribution in [2.45, 2.75) is 42.9 Å². The lowest BCUT2D eigenvalue weighted by Gasteiger charge is -2.13. The molecule has 1 heterocycles. The van der Waals surface area contributed by atoms with Crippen LogP contribution in [0.5, 0.6) is 0 Å². The Morgan fingerprint density at radius 3 is 2.67 bits per heavy atom. The number of aromatic nitrogens is 2. The first kappa shape index (κ1) is 16.5. The molecule has 0 aliphatic heterocycles. The van der Waals surface area contributed by atoms with E-state index in [9.17, 15) is 10.1 Å². The second-order valence-electron chi connectivity index (χ2n) is 5.85. The molecule has 0 saturated heterocycles. The zero-order valence-electron chi connectivity index (χ0n) is 13.6. The summed E-state index contributed by atoms with van der Waals surface area (Å²) < 4.78 is 0. The van der Waals surface area contributed by atoms with E-state index in [4.69, 9.17) is 0 Å². The van der Waals surface area contributed by atoms with Crippen molar-refractivity contribution in [3.63, 3.8) is 0 Å². The number of rotatable bonds is 5. The first-order valence-corrected chi connectivity index (χ1v) is 8.77. The molecule has 1 N–H and O–H groups in total. The van der Waals surface area contributed by atoms with Gasteiger partial charge in [-0.15, -0.1) is 0 Å². The number of nitriles is 1. The van der Waals surface area contributed by atoms with Crippen LogP contribution in [-0.4, -0.2) is 21.1 Å². The van der Waals surface area contributed by atoms with Crippen LogP contribution in [0.15, 0.2) is 35.4 Å². The molecule has 1 aromatic heterocycles. The zero-order valence-corrected chi connectivity index (χ0v) is 14.4. The molecule has 5 nitrogen and oxygen atoms in total. The van der Waals surface area contributed by atoms with E-state index in [1.165, 1.54) is 11.8 Å². The van der Waals surface area contributed by atoms with E-state index in [1.54, 1.807) is 0 Å². The molecule has 1 aromatic carbocycles. The summed E-state index contributed by atoms with van der Waals surface area (Å²) in [6.07, 6.45) is 2.19. The fraction of sp³-hybridized carbons (Fsp3) is 0.333. The first-order valence-electron chi connectivity index (χ1n) is 7.89. The second kappa shape index (κ2) is 7.02. The molecule has 3 rings (SSSR count). The molecule has 1 amide bonds. The summed E-state index contributed by atoms with van der Waals surface area (Å²) in [7, 11) is 0. The van der Waals surface area contributed by atoms with Crippen molar-refractivity contribution in [2.75, 3.05) is 5.32 Å². The summed E-state index contributed by atoms with van der Waals surface area (Å²) >= 11 is 1.31. The fourth-order valence-corrected chi connectivity index (χ4v) is 3.25. The molecule has 1 fully saturated rings. The van der Waals surface area contributed by atoms with Gasteiger partial charge in [0.15, 0.2) is 0 Å². The zero-order chi connectivity index (χ0) is 17.1. The van der Waals surface area contributed by atoms with E-state index in [0.717, 1.165) is 24.4 Å². The molecule has 1 aliphatic rings. The third-order valence-corrected chi connectivity index (χ3v) is 4.91. The first-order chi connectivity index (χ1) is 11.6. The SMILES string of the molecule is Cc1nc(C2CC2)nc(S[C@H](C)C(=O)Nc2ccccc2)c1C#N. The number of para-hydroxylation sites is 1. The van der Waals surface area contributed by atoms with Crippen LogP contribution in [0.3, 0.4) is 0 Å². The Morgan fingerprint density at radius 2 is 2.04 bits per heavy atom. The number of nitrogens with one attached hydrogen (secondary N) is 1. The predicted molar refractivity (Wildman–Crippen MR) is 93.8 cm³/mol. The molecule has 0 radical (unpaired) electrons. The molecule has 1 saturated carbocycles. The molecular formula is C18H18N4OS. The van der Waals surface area contributed by atoms with Crippen LogP contribution in [-0.2, 0) is 4.79 Å². The molecule has 0 unspecified atom stereocenters. The van der Waals surface area contributed by atoms with Gasteiger partial charge in [0, 0.05) is 11.6 Å². The van der Waals surface area contributed by atoms with E-state index in [1.807, 2.05) is 44.2 Å². The maximum Gasteiger partial charge on any atom is 0.237 e. The van der Waals surface area contributed by atoms with Gasteiger partial charge in [-0.25, -0.2) is 9.97 Å². The van der Waals surface area contributed by atoms with Gasteiger partial charge in [-0.05, 0) is 38.8 Å². The quantitative estimate of drug-likeness (QED) is 0.665. The minimum atomic E-state index is -0.362. The van der Waals surface area contributed by atoms with E-state index in [2.05, 4.69) is 21.4 Å². The van der Waals surface area contributed by atoms with Crippen molar-refractivity contribution in [1.29, 1.82) is 5.26 Å². The minimum absolute atomic E-state index is 0.112. The van der Waals surface area contributed by atoms with Gasteiger partial charge in [0.25, 0.3) is 0 Å². The van der Waals surface area contributed by atoms with E-state index in [-0.39, 0.29) is 11.2 Å². The third kappa shape index (κ3) is 3.74. The Morgan fingerprint density at radius 1 is 1.33 bits per heavy atom. The summed E-state index contributed by atoms with van der Waals surface area (Å²) in [6.45, 7) is 3.64. The molecule has 122 valence electrons. The molecule has 0 bridgehead atoms. The van der Waals surface area contributed by atoms with Crippen molar-refractivity contribution >= 4 is 23.4 Å². The van der Waals surface area contributed by atoms with Crippen LogP contribution >= 0.6 is 11.8 Å². The summed E-state index contributed by atoms with van der Waals surface area (Å²) in [6, 6.07) is 11.5. The molecule has 1 atom stereocenters. The van der Waals surface area contributed by atoms with Crippen LogP contribution in [0.25, 0.3) is 0 Å². The standard InChI is InChI=1S/C18H18N4OS/c1-11-15(10-19)18(22-16(20-11)13-8-9-13)24-12(2)17(23)21-14-6-4-3-5-7-14/h3-7,12-13H,8-9H2,1-2H3,(H,21,23)/t12-/m1/s1. The van der Waals surface area contributed by atoms with Gasteiger partial charge in [0.2, 0.25) is 5.91 Å².